The van der Waals surface area contributed by atoms with Crippen molar-refractivity contribution in [2.75, 3.05) is 49.8 Å². The van der Waals surface area contributed by atoms with Crippen LogP contribution >= 0.6 is 11.6 Å². The molecule has 3 heterocycles. The molecule has 0 spiro atoms. The Morgan fingerprint density at radius 1 is 0.513 bits per heavy atom. The van der Waals surface area contributed by atoms with Gasteiger partial charge in [-0.2, -0.15) is 15.8 Å². The lowest BCUT2D eigenvalue weighted by molar-refractivity contribution is -0.120. The number of fused-ring (bicyclic) bond motifs is 3. The zero-order chi connectivity index (χ0) is 56.0. The first-order chi connectivity index (χ1) is 37.8. The second-order valence-corrected chi connectivity index (χ2v) is 18.3. The van der Waals surface area contributed by atoms with E-state index in [0.29, 0.717) is 33.8 Å². The number of aryl methyl sites for hydroxylation is 3. The summed E-state index contributed by atoms with van der Waals surface area (Å²) in [5.74, 6) is 0.805. The largest absolute Gasteiger partial charge is 0.497 e. The van der Waals surface area contributed by atoms with Crippen LogP contribution < -0.4 is 25.4 Å². The van der Waals surface area contributed by atoms with E-state index in [-0.39, 0.29) is 36.1 Å². The highest BCUT2D eigenvalue weighted by Gasteiger charge is 2.22. The summed E-state index contributed by atoms with van der Waals surface area (Å²) in [6.45, 7) is 12.1. The smallest absolute Gasteiger partial charge is 0.250 e. The summed E-state index contributed by atoms with van der Waals surface area (Å²) >= 11 is 5.52. The molecule has 0 aliphatic heterocycles. The third kappa shape index (κ3) is 12.0. The van der Waals surface area contributed by atoms with E-state index in [1.165, 1.54) is 7.11 Å². The van der Waals surface area contributed by atoms with Crippen LogP contribution in [0.15, 0.2) is 133 Å². The molecule has 3 aromatic heterocycles. The summed E-state index contributed by atoms with van der Waals surface area (Å²) in [4.78, 5) is 34.9. The van der Waals surface area contributed by atoms with Gasteiger partial charge in [0, 0.05) is 71.4 Å². The molecule has 0 atom stereocenters. The number of nitrogens with one attached hydrogen (secondary N) is 3. The quantitative estimate of drug-likeness (QED) is 0.0835. The minimum absolute atomic E-state index is 0.00619. The summed E-state index contributed by atoms with van der Waals surface area (Å²) in [6.07, 6.45) is 0. The highest BCUT2D eigenvalue weighted by molar-refractivity contribution is 6.29. The molecule has 3 N–H and O–H groups in total. The first-order valence-electron chi connectivity index (χ1n) is 25.3. The molecule has 0 fully saturated rings. The molecule has 16 heteroatoms. The van der Waals surface area contributed by atoms with Crippen molar-refractivity contribution in [2.24, 2.45) is 5.92 Å². The second kappa shape index (κ2) is 25.9. The number of amides is 3. The fraction of sp³-hybridized carbons (Fsp3) is 0.226. The predicted molar refractivity (Wildman–Crippen MR) is 310 cm³/mol. The molecule has 78 heavy (non-hydrogen) atoms. The number of alkyl halides is 1. The minimum Gasteiger partial charge on any atom is -0.497 e. The third-order valence-electron chi connectivity index (χ3n) is 13.0. The van der Waals surface area contributed by atoms with Crippen molar-refractivity contribution in [3.8, 4) is 63.5 Å². The summed E-state index contributed by atoms with van der Waals surface area (Å²) in [6, 6.07) is 49.0. The Morgan fingerprint density at radius 3 is 1.24 bits per heavy atom. The van der Waals surface area contributed by atoms with Crippen LogP contribution in [-0.4, -0.2) is 65.2 Å². The SMILES string of the molecule is CCn1c(-c2ccc(NC(=O)C(C)C)cc2)c(C#N)c2ccccc21.CCn1c(-c2ccc(NC(=O)CCl)cc2)c(C#N)c2cc(OC)ccc21.CCn1c(-c2ccc(NC(=O)COC)cc2)c(C#N)c2cc(OC)ccc21. The van der Waals surface area contributed by atoms with E-state index in [9.17, 15) is 30.2 Å². The normalized spacial score (nSPS) is 10.7. The van der Waals surface area contributed by atoms with Gasteiger partial charge in [0.15, 0.2) is 0 Å². The average molecular weight is 1060 g/mol. The number of hydrogen-bond acceptors (Lipinski definition) is 9. The molecule has 0 unspecified atom stereocenters. The Labute approximate surface area is 458 Å². The third-order valence-corrected chi connectivity index (χ3v) is 13.3. The van der Waals surface area contributed by atoms with Gasteiger partial charge in [-0.25, -0.2) is 0 Å². The summed E-state index contributed by atoms with van der Waals surface area (Å²) in [7, 11) is 4.70. The molecule has 3 amide bonds. The number of nitriles is 3. The number of rotatable bonds is 15. The molecule has 0 aliphatic carbocycles. The van der Waals surface area contributed by atoms with Crippen molar-refractivity contribution in [3.05, 3.63) is 150 Å². The molecule has 0 saturated carbocycles. The number of carbonyl (C=O) groups excluding carboxylic acids is 3. The highest BCUT2D eigenvalue weighted by Crippen LogP contribution is 2.38. The Hall–Kier alpha value is -9.33. The average Bonchev–Trinajstić information content (AvgIpc) is 4.29. The van der Waals surface area contributed by atoms with Gasteiger partial charge in [-0.3, -0.25) is 14.4 Å². The van der Waals surface area contributed by atoms with E-state index in [0.717, 1.165) is 97.6 Å². The summed E-state index contributed by atoms with van der Waals surface area (Å²) < 4.78 is 21.8. The van der Waals surface area contributed by atoms with Gasteiger partial charge in [-0.15, -0.1) is 11.6 Å². The number of benzene rings is 6. The fourth-order valence-electron chi connectivity index (χ4n) is 9.39. The van der Waals surface area contributed by atoms with Crippen molar-refractivity contribution in [1.82, 2.24) is 13.7 Å². The molecule has 15 nitrogen and oxygen atoms in total. The Bertz CT molecular complexity index is 3760. The van der Waals surface area contributed by atoms with E-state index in [2.05, 4.69) is 54.8 Å². The molecule has 0 bridgehead atoms. The number of aromatic nitrogens is 3. The van der Waals surface area contributed by atoms with Crippen molar-refractivity contribution < 1.29 is 28.6 Å². The van der Waals surface area contributed by atoms with Gasteiger partial charge >= 0.3 is 0 Å². The number of methoxy groups -OCH3 is 3. The molecule has 396 valence electrons. The van der Waals surface area contributed by atoms with Crippen LogP contribution in [0.3, 0.4) is 0 Å². The Kier molecular flexibility index (Phi) is 18.8. The number of halogens is 1. The van der Waals surface area contributed by atoms with Crippen molar-refractivity contribution in [3.63, 3.8) is 0 Å². The lowest BCUT2D eigenvalue weighted by Gasteiger charge is -2.11. The van der Waals surface area contributed by atoms with E-state index in [1.807, 2.05) is 149 Å². The minimum atomic E-state index is -0.258. The fourth-order valence-corrected chi connectivity index (χ4v) is 9.46. The number of hydrogen-bond donors (Lipinski definition) is 3. The van der Waals surface area contributed by atoms with Crippen molar-refractivity contribution in [1.29, 1.82) is 15.8 Å². The van der Waals surface area contributed by atoms with Gasteiger partial charge in [0.05, 0.1) is 59.0 Å². The molecule has 0 saturated heterocycles. The molecular weight excluding hydrogens is 1000 g/mol. The number of carbonyl (C=O) groups is 3. The van der Waals surface area contributed by atoms with E-state index < -0.39 is 0 Å². The van der Waals surface area contributed by atoms with Crippen LogP contribution in [0.25, 0.3) is 66.5 Å². The van der Waals surface area contributed by atoms with Crippen LogP contribution in [0.4, 0.5) is 17.1 Å². The number of anilines is 3. The van der Waals surface area contributed by atoms with Gasteiger partial charge in [-0.1, -0.05) is 68.4 Å². The number of nitrogens with zero attached hydrogens (tertiary/aromatic N) is 6. The van der Waals surface area contributed by atoms with Crippen LogP contribution in [0, 0.1) is 39.9 Å². The van der Waals surface area contributed by atoms with Gasteiger partial charge in [0.2, 0.25) is 17.7 Å². The van der Waals surface area contributed by atoms with Gasteiger partial charge in [0.1, 0.15) is 42.2 Å². The van der Waals surface area contributed by atoms with Gasteiger partial charge in [-0.05, 0) is 116 Å². The predicted octanol–water partition coefficient (Wildman–Crippen LogP) is 13.0. The van der Waals surface area contributed by atoms with E-state index in [1.54, 1.807) is 26.4 Å². The standard InChI is InChI=1S/C21H21N3O3.C21H21N3O.C20H18ClN3O2/c1-4-24-19-10-9-16(27-3)11-17(19)18(12-22)21(24)14-5-7-15(8-6-14)23-20(25)13-26-2;1-4-24-19-8-6-5-7-17(19)18(13-22)20(24)15-9-11-16(12-10-15)23-21(25)14(2)3;1-3-24-18-9-8-15(26-2)10-16(18)17(12-22)20(24)13-4-6-14(7-5-13)23-19(25)11-21/h5-11H,4,13H2,1-3H3,(H,23,25);5-12,14H,4H2,1-3H3,(H,23,25);4-10H,3,11H2,1-2H3,(H,23,25). The zero-order valence-corrected chi connectivity index (χ0v) is 45.6. The second-order valence-electron chi connectivity index (χ2n) is 18.1. The van der Waals surface area contributed by atoms with Crippen LogP contribution in [0.5, 0.6) is 11.5 Å². The Morgan fingerprint density at radius 2 is 0.885 bits per heavy atom. The zero-order valence-electron chi connectivity index (χ0n) is 44.8. The molecule has 9 aromatic rings. The maximum atomic E-state index is 11.8. The molecular formula is C62H60ClN9O6. The lowest BCUT2D eigenvalue weighted by Crippen LogP contribution is -2.17. The van der Waals surface area contributed by atoms with Crippen LogP contribution in [-0.2, 0) is 38.8 Å². The maximum Gasteiger partial charge on any atom is 0.250 e. The lowest BCUT2D eigenvalue weighted by atomic mass is 10.1. The van der Waals surface area contributed by atoms with Gasteiger partial charge in [0.25, 0.3) is 0 Å². The van der Waals surface area contributed by atoms with Crippen molar-refractivity contribution in [2.45, 2.75) is 54.3 Å². The topological polar surface area (TPSA) is 201 Å². The number of para-hydroxylation sites is 1. The first kappa shape index (κ1) is 56.4. The van der Waals surface area contributed by atoms with Crippen molar-refractivity contribution >= 4 is 79.1 Å². The molecule has 6 aromatic carbocycles. The Balaban J connectivity index is 0.000000170. The van der Waals surface area contributed by atoms with Gasteiger partial charge < -0.3 is 43.9 Å². The molecule has 9 rings (SSSR count). The first-order valence-corrected chi connectivity index (χ1v) is 25.8. The summed E-state index contributed by atoms with van der Waals surface area (Å²) in [5.41, 5.74) is 12.5. The monoisotopic (exact) mass is 1060 g/mol. The van der Waals surface area contributed by atoms with E-state index >= 15 is 0 Å². The molecule has 0 radical (unpaired) electrons. The van der Waals surface area contributed by atoms with Crippen LogP contribution in [0.2, 0.25) is 0 Å². The highest BCUT2D eigenvalue weighted by atomic mass is 35.5. The number of ether oxygens (including phenoxy) is 3. The molecule has 0 aliphatic rings. The summed E-state index contributed by atoms with van der Waals surface area (Å²) in [5, 5.41) is 40.4. The van der Waals surface area contributed by atoms with Crippen LogP contribution in [0.1, 0.15) is 51.3 Å². The van der Waals surface area contributed by atoms with E-state index in [4.69, 9.17) is 25.8 Å². The maximum absolute atomic E-state index is 11.8.